The van der Waals surface area contributed by atoms with E-state index in [4.69, 9.17) is 0 Å². The van der Waals surface area contributed by atoms with Crippen molar-refractivity contribution in [3.63, 3.8) is 0 Å². The fourth-order valence-corrected chi connectivity index (χ4v) is 4.02. The van der Waals surface area contributed by atoms with E-state index in [1.54, 1.807) is 0 Å². The van der Waals surface area contributed by atoms with Gasteiger partial charge in [-0.1, -0.05) is 30.3 Å². The molecule has 2 aromatic rings. The Kier molecular flexibility index (Phi) is 6.65. The van der Waals surface area contributed by atoms with Gasteiger partial charge in [0.05, 0.1) is 9.82 Å². The Morgan fingerprint density at radius 1 is 1.15 bits per heavy atom. The van der Waals surface area contributed by atoms with Crippen LogP contribution in [0, 0.1) is 10.1 Å². The third kappa shape index (κ3) is 5.11. The van der Waals surface area contributed by atoms with Crippen LogP contribution in [0.1, 0.15) is 18.4 Å². The minimum atomic E-state index is -4.09. The zero-order chi connectivity index (χ0) is 20.0. The summed E-state index contributed by atoms with van der Waals surface area (Å²) < 4.78 is 26.2. The fraction of sp³-hybridized carbons (Fsp3) is 0.278. The molecule has 27 heavy (non-hydrogen) atoms. The molecule has 1 N–H and O–H groups in total. The Morgan fingerprint density at radius 3 is 2.26 bits per heavy atom. The molecule has 1 atom stereocenters. The summed E-state index contributed by atoms with van der Waals surface area (Å²) in [5.41, 5.74) is 0.803. The number of nitro groups is 1. The van der Waals surface area contributed by atoms with Gasteiger partial charge < -0.3 is 5.11 Å². The van der Waals surface area contributed by atoms with Crippen molar-refractivity contribution in [1.29, 1.82) is 0 Å². The Labute approximate surface area is 157 Å². The molecular weight excluding hydrogens is 372 g/mol. The highest BCUT2D eigenvalue weighted by Crippen LogP contribution is 2.22. The van der Waals surface area contributed by atoms with Crippen LogP contribution in [0.25, 0.3) is 0 Å². The normalized spacial score (nSPS) is 12.7. The number of hydrogen-bond acceptors (Lipinski definition) is 5. The first-order valence-corrected chi connectivity index (χ1v) is 9.66. The molecule has 0 fully saturated rings. The molecule has 1 unspecified atom stereocenters. The summed E-state index contributed by atoms with van der Waals surface area (Å²) in [5.74, 6) is -1.24. The molecule has 0 aliphatic rings. The van der Waals surface area contributed by atoms with E-state index in [1.165, 1.54) is 7.05 Å². The minimum absolute atomic E-state index is 0.146. The molecule has 0 saturated carbocycles. The predicted octanol–water partition coefficient (Wildman–Crippen LogP) is 2.69. The second-order valence-corrected chi connectivity index (χ2v) is 8.00. The van der Waals surface area contributed by atoms with Gasteiger partial charge in [-0.3, -0.25) is 14.9 Å². The Hall–Kier alpha value is -2.78. The Bertz CT molecular complexity index is 897. The van der Waals surface area contributed by atoms with Gasteiger partial charge in [0.1, 0.15) is 6.04 Å². The Morgan fingerprint density at radius 2 is 1.74 bits per heavy atom. The lowest BCUT2D eigenvalue weighted by atomic mass is 10.0. The van der Waals surface area contributed by atoms with E-state index in [9.17, 15) is 28.4 Å². The molecule has 0 heterocycles. The van der Waals surface area contributed by atoms with Crippen LogP contribution in [0.5, 0.6) is 0 Å². The average molecular weight is 392 g/mol. The highest BCUT2D eigenvalue weighted by molar-refractivity contribution is 7.89. The number of hydrogen-bond donors (Lipinski definition) is 1. The molecule has 0 amide bonds. The van der Waals surface area contributed by atoms with E-state index in [-0.39, 0.29) is 17.0 Å². The van der Waals surface area contributed by atoms with Crippen LogP contribution in [0.4, 0.5) is 5.69 Å². The van der Waals surface area contributed by atoms with Crippen LogP contribution in [0.2, 0.25) is 0 Å². The van der Waals surface area contributed by atoms with Crippen molar-refractivity contribution >= 4 is 21.7 Å². The number of aliphatic carboxylic acids is 1. The SMILES string of the molecule is CN(C(CCCc1ccccc1)C(=O)O)S(=O)(=O)c1ccc([N+](=O)[O-])cc1. The van der Waals surface area contributed by atoms with Gasteiger partial charge >= 0.3 is 5.97 Å². The van der Waals surface area contributed by atoms with Crippen LogP contribution < -0.4 is 0 Å². The first kappa shape index (κ1) is 20.5. The first-order chi connectivity index (χ1) is 12.7. The maximum Gasteiger partial charge on any atom is 0.322 e. The first-order valence-electron chi connectivity index (χ1n) is 8.22. The third-order valence-electron chi connectivity index (χ3n) is 4.23. The van der Waals surface area contributed by atoms with E-state index in [0.717, 1.165) is 34.1 Å². The topological polar surface area (TPSA) is 118 Å². The molecule has 0 aliphatic carbocycles. The average Bonchev–Trinajstić information content (AvgIpc) is 2.65. The summed E-state index contributed by atoms with van der Waals surface area (Å²) in [6, 6.07) is 12.6. The van der Waals surface area contributed by atoms with Crippen molar-refractivity contribution in [2.24, 2.45) is 0 Å². The molecule has 0 aromatic heterocycles. The number of carboxylic acid groups (broad SMARTS) is 1. The molecule has 0 saturated heterocycles. The van der Waals surface area contributed by atoms with Gasteiger partial charge in [-0.05, 0) is 37.0 Å². The number of aryl methyl sites for hydroxylation is 1. The van der Waals surface area contributed by atoms with Crippen LogP contribution >= 0.6 is 0 Å². The predicted molar refractivity (Wildman–Crippen MR) is 98.8 cm³/mol. The van der Waals surface area contributed by atoms with Crippen molar-refractivity contribution in [3.05, 3.63) is 70.3 Å². The molecule has 0 spiro atoms. The second-order valence-electron chi connectivity index (χ2n) is 6.00. The molecule has 9 heteroatoms. The molecule has 2 aromatic carbocycles. The number of benzene rings is 2. The zero-order valence-electron chi connectivity index (χ0n) is 14.7. The van der Waals surface area contributed by atoms with Crippen LogP contribution in [-0.2, 0) is 21.2 Å². The molecule has 0 bridgehead atoms. The molecule has 0 radical (unpaired) electrons. The van der Waals surface area contributed by atoms with Crippen LogP contribution in [0.3, 0.4) is 0 Å². The van der Waals surface area contributed by atoms with E-state index in [1.807, 2.05) is 30.3 Å². The number of carbonyl (C=O) groups is 1. The summed E-state index contributed by atoms with van der Waals surface area (Å²) in [5, 5.41) is 20.2. The number of likely N-dealkylation sites (N-methyl/N-ethyl adjacent to an activating group) is 1. The lowest BCUT2D eigenvalue weighted by Gasteiger charge is -2.24. The van der Waals surface area contributed by atoms with Crippen molar-refractivity contribution in [2.45, 2.75) is 30.2 Å². The lowest BCUT2D eigenvalue weighted by molar-refractivity contribution is -0.384. The van der Waals surface area contributed by atoms with Gasteiger partial charge in [-0.15, -0.1) is 0 Å². The quantitative estimate of drug-likeness (QED) is 0.518. The molecule has 0 aliphatic heterocycles. The number of non-ortho nitro benzene ring substituents is 1. The molecule has 144 valence electrons. The van der Waals surface area contributed by atoms with Gasteiger partial charge in [0.2, 0.25) is 10.0 Å². The summed E-state index contributed by atoms with van der Waals surface area (Å²) in [6.45, 7) is 0. The molecule has 8 nitrogen and oxygen atoms in total. The fourth-order valence-electron chi connectivity index (χ4n) is 2.68. The lowest BCUT2D eigenvalue weighted by Crippen LogP contribution is -2.42. The summed E-state index contributed by atoms with van der Waals surface area (Å²) in [6.07, 6.45) is 1.28. The summed E-state index contributed by atoms with van der Waals surface area (Å²) >= 11 is 0. The zero-order valence-corrected chi connectivity index (χ0v) is 15.5. The molecule has 2 rings (SSSR count). The van der Waals surface area contributed by atoms with E-state index in [2.05, 4.69) is 0 Å². The van der Waals surface area contributed by atoms with Gasteiger partial charge in [-0.25, -0.2) is 8.42 Å². The highest BCUT2D eigenvalue weighted by atomic mass is 32.2. The minimum Gasteiger partial charge on any atom is -0.480 e. The van der Waals surface area contributed by atoms with Crippen LogP contribution in [0.15, 0.2) is 59.5 Å². The summed E-state index contributed by atoms with van der Waals surface area (Å²) in [4.78, 5) is 21.5. The summed E-state index contributed by atoms with van der Waals surface area (Å²) in [7, 11) is -2.88. The number of sulfonamides is 1. The molecular formula is C18H20N2O6S. The number of carboxylic acids is 1. The van der Waals surface area contributed by atoms with E-state index in [0.29, 0.717) is 12.8 Å². The standard InChI is InChI=1S/C18H20N2O6S/c1-19(27(25,26)16-12-10-15(11-13-16)20(23)24)17(18(21)22)9-5-8-14-6-3-2-4-7-14/h2-4,6-7,10-13,17H,5,8-9H2,1H3,(H,21,22). The number of nitrogens with zero attached hydrogens (tertiary/aromatic N) is 2. The van der Waals surface area contributed by atoms with Gasteiger partial charge in [0, 0.05) is 19.2 Å². The van der Waals surface area contributed by atoms with Gasteiger partial charge in [0.25, 0.3) is 5.69 Å². The van der Waals surface area contributed by atoms with Crippen molar-refractivity contribution in [3.8, 4) is 0 Å². The largest absolute Gasteiger partial charge is 0.480 e. The van der Waals surface area contributed by atoms with Crippen molar-refractivity contribution < 1.29 is 23.2 Å². The third-order valence-corrected chi connectivity index (χ3v) is 6.11. The number of nitro benzene ring substituents is 1. The monoisotopic (exact) mass is 392 g/mol. The van der Waals surface area contributed by atoms with Crippen molar-refractivity contribution in [2.75, 3.05) is 7.05 Å². The van der Waals surface area contributed by atoms with E-state index >= 15 is 0 Å². The van der Waals surface area contributed by atoms with Crippen LogP contribution in [-0.4, -0.2) is 41.8 Å². The van der Waals surface area contributed by atoms with Crippen molar-refractivity contribution in [1.82, 2.24) is 4.31 Å². The number of rotatable bonds is 9. The highest BCUT2D eigenvalue weighted by Gasteiger charge is 2.32. The maximum atomic E-state index is 12.7. The van der Waals surface area contributed by atoms with Gasteiger partial charge in [0.15, 0.2) is 0 Å². The maximum absolute atomic E-state index is 12.7. The Balaban J connectivity index is 2.12. The second kappa shape index (κ2) is 8.74. The van der Waals surface area contributed by atoms with Gasteiger partial charge in [-0.2, -0.15) is 4.31 Å². The van der Waals surface area contributed by atoms with E-state index < -0.39 is 27.0 Å². The smallest absolute Gasteiger partial charge is 0.322 e.